The summed E-state index contributed by atoms with van der Waals surface area (Å²) in [5.74, 6) is 0. The molecule has 1 aromatic rings. The van der Waals surface area contributed by atoms with Crippen LogP contribution in [0.15, 0.2) is 4.47 Å². The van der Waals surface area contributed by atoms with Crippen LogP contribution >= 0.6 is 15.9 Å². The van der Waals surface area contributed by atoms with Crippen molar-refractivity contribution in [2.75, 3.05) is 0 Å². The van der Waals surface area contributed by atoms with Crippen LogP contribution < -0.4 is 0 Å². The van der Waals surface area contributed by atoms with E-state index in [0.717, 1.165) is 22.3 Å². The molecule has 1 atom stereocenters. The monoisotopic (exact) mass is 316 g/mol. The first-order valence-electron chi connectivity index (χ1n) is 6.85. The van der Waals surface area contributed by atoms with Crippen LogP contribution in [0.1, 0.15) is 57.3 Å². The number of aromatic nitrogens is 2. The van der Waals surface area contributed by atoms with Gasteiger partial charge in [-0.1, -0.05) is 32.6 Å². The van der Waals surface area contributed by atoms with Crippen LogP contribution in [-0.4, -0.2) is 15.9 Å². The summed E-state index contributed by atoms with van der Waals surface area (Å²) in [5, 5.41) is 4.36. The molecule has 0 N–H and O–H groups in total. The Kier molecular flexibility index (Phi) is 6.94. The zero-order valence-corrected chi connectivity index (χ0v) is 13.6. The molecule has 0 aromatic carbocycles. The summed E-state index contributed by atoms with van der Waals surface area (Å²) in [5.41, 5.74) is 2.14. The molecule has 0 radical (unpaired) electrons. The Labute approximate surface area is 119 Å². The van der Waals surface area contributed by atoms with Gasteiger partial charge in [0.25, 0.3) is 0 Å². The predicted octanol–water partition coefficient (Wildman–Crippen LogP) is 4.37. The minimum Gasteiger partial charge on any atom is -0.372 e. The van der Waals surface area contributed by atoms with Crippen molar-refractivity contribution in [3.63, 3.8) is 0 Å². The number of aryl methyl sites for hydroxylation is 2. The van der Waals surface area contributed by atoms with Gasteiger partial charge < -0.3 is 4.74 Å². The largest absolute Gasteiger partial charge is 0.372 e. The maximum absolute atomic E-state index is 5.89. The van der Waals surface area contributed by atoms with E-state index in [1.165, 1.54) is 25.7 Å². The van der Waals surface area contributed by atoms with E-state index in [4.69, 9.17) is 4.74 Å². The smallest absolute Gasteiger partial charge is 0.0899 e. The molecule has 0 amide bonds. The standard InChI is InChI=1S/C14H25BrN2O/c1-5-6-7-8-9-11(2)18-10-13-14(15)12(3)16-17(13)4/h11H,5-10H2,1-4H3. The number of hydrogen-bond acceptors (Lipinski definition) is 2. The van der Waals surface area contributed by atoms with Crippen molar-refractivity contribution in [1.29, 1.82) is 0 Å². The van der Waals surface area contributed by atoms with Crippen LogP contribution in [0.5, 0.6) is 0 Å². The molecule has 1 rings (SSSR count). The fourth-order valence-electron chi connectivity index (χ4n) is 2.00. The van der Waals surface area contributed by atoms with E-state index < -0.39 is 0 Å². The fraction of sp³-hybridized carbons (Fsp3) is 0.786. The van der Waals surface area contributed by atoms with E-state index in [0.29, 0.717) is 12.7 Å². The van der Waals surface area contributed by atoms with Gasteiger partial charge in [0.2, 0.25) is 0 Å². The summed E-state index contributed by atoms with van der Waals surface area (Å²) in [4.78, 5) is 0. The second kappa shape index (κ2) is 7.95. The van der Waals surface area contributed by atoms with Gasteiger partial charge in [0.15, 0.2) is 0 Å². The summed E-state index contributed by atoms with van der Waals surface area (Å²) in [6.45, 7) is 7.03. The Morgan fingerprint density at radius 2 is 2.06 bits per heavy atom. The van der Waals surface area contributed by atoms with Crippen molar-refractivity contribution < 1.29 is 4.74 Å². The Hall–Kier alpha value is -0.350. The molecule has 0 fully saturated rings. The Morgan fingerprint density at radius 3 is 2.61 bits per heavy atom. The zero-order chi connectivity index (χ0) is 13.5. The topological polar surface area (TPSA) is 27.1 Å². The fourth-order valence-corrected chi connectivity index (χ4v) is 2.45. The van der Waals surface area contributed by atoms with Crippen LogP contribution in [0.4, 0.5) is 0 Å². The molecule has 0 bridgehead atoms. The average molecular weight is 317 g/mol. The maximum atomic E-state index is 5.89. The van der Waals surface area contributed by atoms with Crippen LogP contribution in [0.3, 0.4) is 0 Å². The average Bonchev–Trinajstić information content (AvgIpc) is 2.57. The molecule has 1 heterocycles. The van der Waals surface area contributed by atoms with Crippen molar-refractivity contribution in [1.82, 2.24) is 9.78 Å². The van der Waals surface area contributed by atoms with Gasteiger partial charge in [-0.05, 0) is 36.2 Å². The Morgan fingerprint density at radius 1 is 1.33 bits per heavy atom. The molecule has 1 unspecified atom stereocenters. The van der Waals surface area contributed by atoms with Crippen LogP contribution in [0.2, 0.25) is 0 Å². The first kappa shape index (κ1) is 15.7. The van der Waals surface area contributed by atoms with Gasteiger partial charge in [0.05, 0.1) is 28.6 Å². The molecule has 104 valence electrons. The van der Waals surface area contributed by atoms with Crippen molar-refractivity contribution >= 4 is 15.9 Å². The lowest BCUT2D eigenvalue weighted by Crippen LogP contribution is -2.10. The maximum Gasteiger partial charge on any atom is 0.0899 e. The zero-order valence-electron chi connectivity index (χ0n) is 12.0. The number of hydrogen-bond donors (Lipinski definition) is 0. The minimum absolute atomic E-state index is 0.323. The summed E-state index contributed by atoms with van der Waals surface area (Å²) >= 11 is 3.56. The summed E-state index contributed by atoms with van der Waals surface area (Å²) in [7, 11) is 1.96. The third-order valence-corrected chi connectivity index (χ3v) is 4.26. The molecular formula is C14H25BrN2O. The van der Waals surface area contributed by atoms with E-state index in [1.807, 2.05) is 18.7 Å². The van der Waals surface area contributed by atoms with Crippen LogP contribution in [0.25, 0.3) is 0 Å². The van der Waals surface area contributed by atoms with Crippen molar-refractivity contribution in [2.45, 2.75) is 65.6 Å². The Balaban J connectivity index is 2.31. The molecular weight excluding hydrogens is 292 g/mol. The van der Waals surface area contributed by atoms with E-state index in [9.17, 15) is 0 Å². The third-order valence-electron chi connectivity index (χ3n) is 3.23. The molecule has 1 aromatic heterocycles. The van der Waals surface area contributed by atoms with Crippen LogP contribution in [0, 0.1) is 6.92 Å². The van der Waals surface area contributed by atoms with Crippen LogP contribution in [-0.2, 0) is 18.4 Å². The van der Waals surface area contributed by atoms with Gasteiger partial charge in [0, 0.05) is 7.05 Å². The number of unbranched alkanes of at least 4 members (excludes halogenated alkanes) is 3. The second-order valence-corrected chi connectivity index (χ2v) is 5.73. The highest BCUT2D eigenvalue weighted by atomic mass is 79.9. The van der Waals surface area contributed by atoms with Gasteiger partial charge in [-0.15, -0.1) is 0 Å². The molecule has 3 nitrogen and oxygen atoms in total. The molecule has 0 spiro atoms. The molecule has 18 heavy (non-hydrogen) atoms. The van der Waals surface area contributed by atoms with Gasteiger partial charge in [-0.2, -0.15) is 5.10 Å². The van der Waals surface area contributed by atoms with E-state index in [2.05, 4.69) is 34.9 Å². The lowest BCUT2D eigenvalue weighted by Gasteiger charge is -2.13. The first-order valence-corrected chi connectivity index (χ1v) is 7.65. The molecule has 0 aliphatic carbocycles. The highest BCUT2D eigenvalue weighted by Gasteiger charge is 2.12. The lowest BCUT2D eigenvalue weighted by molar-refractivity contribution is 0.0420. The number of ether oxygens (including phenoxy) is 1. The highest BCUT2D eigenvalue weighted by molar-refractivity contribution is 9.10. The third kappa shape index (κ3) is 4.73. The summed E-state index contributed by atoms with van der Waals surface area (Å²) < 4.78 is 8.86. The normalized spacial score (nSPS) is 12.9. The quantitative estimate of drug-likeness (QED) is 0.666. The molecule has 0 saturated heterocycles. The SMILES string of the molecule is CCCCCCC(C)OCc1c(Br)c(C)nn1C. The summed E-state index contributed by atoms with van der Waals surface area (Å²) in [6, 6.07) is 0. The van der Waals surface area contributed by atoms with E-state index >= 15 is 0 Å². The highest BCUT2D eigenvalue weighted by Crippen LogP contribution is 2.21. The van der Waals surface area contributed by atoms with E-state index in [-0.39, 0.29) is 0 Å². The lowest BCUT2D eigenvalue weighted by atomic mass is 10.1. The molecule has 0 saturated carbocycles. The molecule has 0 aliphatic heterocycles. The van der Waals surface area contributed by atoms with Gasteiger partial charge in [0.1, 0.15) is 0 Å². The number of halogens is 1. The van der Waals surface area contributed by atoms with Crippen molar-refractivity contribution in [2.24, 2.45) is 7.05 Å². The summed E-state index contributed by atoms with van der Waals surface area (Å²) in [6.07, 6.45) is 6.67. The van der Waals surface area contributed by atoms with Gasteiger partial charge in [-0.25, -0.2) is 0 Å². The second-order valence-electron chi connectivity index (χ2n) is 4.94. The number of nitrogens with zero attached hydrogens (tertiary/aromatic N) is 2. The molecule has 0 aliphatic rings. The number of rotatable bonds is 8. The van der Waals surface area contributed by atoms with Gasteiger partial charge in [-0.3, -0.25) is 4.68 Å². The molecule has 4 heteroatoms. The van der Waals surface area contributed by atoms with Crippen molar-refractivity contribution in [3.8, 4) is 0 Å². The van der Waals surface area contributed by atoms with Crippen molar-refractivity contribution in [3.05, 3.63) is 15.9 Å². The van der Waals surface area contributed by atoms with E-state index in [1.54, 1.807) is 0 Å². The predicted molar refractivity (Wildman–Crippen MR) is 78.7 cm³/mol. The first-order chi connectivity index (χ1) is 8.56. The minimum atomic E-state index is 0.323. The Bertz CT molecular complexity index is 363. The van der Waals surface area contributed by atoms with Gasteiger partial charge >= 0.3 is 0 Å².